The smallest absolute Gasteiger partial charge is 0.253 e. The lowest BCUT2D eigenvalue weighted by Gasteiger charge is -2.32. The average molecular weight is 516 g/mol. The van der Waals surface area contributed by atoms with Crippen molar-refractivity contribution in [2.24, 2.45) is 0 Å². The Bertz CT molecular complexity index is 1480. The van der Waals surface area contributed by atoms with Gasteiger partial charge in [0.1, 0.15) is 11.6 Å². The first-order valence-corrected chi connectivity index (χ1v) is 12.5. The summed E-state index contributed by atoms with van der Waals surface area (Å²) in [5, 5.41) is 12.7. The van der Waals surface area contributed by atoms with Crippen molar-refractivity contribution in [1.82, 2.24) is 9.88 Å². The third-order valence-corrected chi connectivity index (χ3v) is 7.04. The Labute approximate surface area is 218 Å². The molecule has 3 aromatic carbocycles. The number of pyridine rings is 1. The molecule has 0 unspecified atom stereocenters. The van der Waals surface area contributed by atoms with Crippen LogP contribution in [0.5, 0.6) is 0 Å². The van der Waals surface area contributed by atoms with Crippen LogP contribution in [0.25, 0.3) is 10.9 Å². The number of rotatable bonds is 6. The summed E-state index contributed by atoms with van der Waals surface area (Å²) < 4.78 is 28.4. The fraction of sp³-hybridized carbons (Fsp3) is 0.233. The van der Waals surface area contributed by atoms with E-state index >= 15 is 0 Å². The summed E-state index contributed by atoms with van der Waals surface area (Å²) in [7, 11) is 0. The van der Waals surface area contributed by atoms with E-state index in [2.05, 4.69) is 10.3 Å². The highest BCUT2D eigenvalue weighted by molar-refractivity contribution is 5.94. The largest absolute Gasteiger partial charge is 0.392 e. The number of benzene rings is 3. The maximum atomic E-state index is 14.4. The minimum Gasteiger partial charge on any atom is -0.392 e. The maximum Gasteiger partial charge on any atom is 0.253 e. The number of hydrogen-bond donors (Lipinski definition) is 2. The Morgan fingerprint density at radius 2 is 1.68 bits per heavy atom. The number of amides is 2. The number of nitrogens with one attached hydrogen (secondary N) is 1. The van der Waals surface area contributed by atoms with Gasteiger partial charge < -0.3 is 15.3 Å². The van der Waals surface area contributed by atoms with E-state index in [9.17, 15) is 18.4 Å². The molecule has 2 N–H and O–H groups in total. The van der Waals surface area contributed by atoms with Crippen LogP contribution in [0.4, 0.5) is 14.5 Å². The number of aromatic nitrogens is 1. The first-order chi connectivity index (χ1) is 18.4. The molecule has 5 rings (SSSR count). The van der Waals surface area contributed by atoms with Gasteiger partial charge in [0.15, 0.2) is 0 Å². The Kier molecular flexibility index (Phi) is 7.42. The maximum absolute atomic E-state index is 14.4. The van der Waals surface area contributed by atoms with Crippen LogP contribution in [-0.4, -0.2) is 39.9 Å². The van der Waals surface area contributed by atoms with Gasteiger partial charge in [0.05, 0.1) is 18.5 Å². The molecular formula is C30H27F2N3O3. The number of fused-ring (bicyclic) bond motifs is 1. The van der Waals surface area contributed by atoms with Crippen molar-refractivity contribution in [1.29, 1.82) is 0 Å². The van der Waals surface area contributed by atoms with Crippen molar-refractivity contribution in [2.45, 2.75) is 31.8 Å². The molecule has 0 spiro atoms. The first-order valence-electron chi connectivity index (χ1n) is 12.5. The molecule has 1 saturated heterocycles. The molecule has 38 heavy (non-hydrogen) atoms. The molecule has 0 saturated carbocycles. The van der Waals surface area contributed by atoms with Crippen LogP contribution in [0, 0.1) is 11.6 Å². The molecule has 2 heterocycles. The fourth-order valence-corrected chi connectivity index (χ4v) is 4.90. The van der Waals surface area contributed by atoms with Gasteiger partial charge in [-0.2, -0.15) is 0 Å². The molecule has 1 aromatic heterocycles. The van der Waals surface area contributed by atoms with E-state index in [0.717, 1.165) is 23.8 Å². The van der Waals surface area contributed by atoms with Gasteiger partial charge in [-0.25, -0.2) is 8.78 Å². The van der Waals surface area contributed by atoms with E-state index in [1.54, 1.807) is 29.3 Å². The van der Waals surface area contributed by atoms with Gasteiger partial charge in [-0.15, -0.1) is 0 Å². The lowest BCUT2D eigenvalue weighted by molar-refractivity contribution is -0.115. The van der Waals surface area contributed by atoms with Crippen LogP contribution in [0.2, 0.25) is 0 Å². The van der Waals surface area contributed by atoms with Crippen molar-refractivity contribution >= 4 is 28.4 Å². The van der Waals surface area contributed by atoms with Crippen molar-refractivity contribution in [3.05, 3.63) is 107 Å². The Morgan fingerprint density at radius 3 is 2.39 bits per heavy atom. The SMILES string of the molecule is O=C(Cc1cc2cccnc2cc1F)Nc1ccc(C2CCN(C(=O)c3ccc(CO)c(F)c3)CC2)cc1. The molecule has 194 valence electrons. The summed E-state index contributed by atoms with van der Waals surface area (Å²) in [6.07, 6.45) is 3.05. The number of hydrogen-bond acceptors (Lipinski definition) is 4. The van der Waals surface area contributed by atoms with Gasteiger partial charge in [-0.1, -0.05) is 24.3 Å². The van der Waals surface area contributed by atoms with Crippen LogP contribution in [0.1, 0.15) is 45.8 Å². The van der Waals surface area contributed by atoms with Gasteiger partial charge in [-0.05, 0) is 66.3 Å². The number of halogens is 2. The lowest BCUT2D eigenvalue weighted by Crippen LogP contribution is -2.38. The van der Waals surface area contributed by atoms with Gasteiger partial charge in [0.25, 0.3) is 5.91 Å². The predicted molar refractivity (Wildman–Crippen MR) is 141 cm³/mol. The molecule has 8 heteroatoms. The van der Waals surface area contributed by atoms with E-state index in [0.29, 0.717) is 29.9 Å². The predicted octanol–water partition coefficient (Wildman–Crippen LogP) is 5.21. The van der Waals surface area contributed by atoms with Gasteiger partial charge in [0, 0.05) is 47.6 Å². The number of carbonyl (C=O) groups excluding carboxylic acids is 2. The van der Waals surface area contributed by atoms with Crippen molar-refractivity contribution in [3.63, 3.8) is 0 Å². The minimum atomic E-state index is -0.583. The molecular weight excluding hydrogens is 488 g/mol. The highest BCUT2D eigenvalue weighted by Crippen LogP contribution is 2.30. The number of carbonyl (C=O) groups is 2. The third-order valence-electron chi connectivity index (χ3n) is 7.04. The Hall–Kier alpha value is -4.17. The van der Waals surface area contributed by atoms with Crippen LogP contribution < -0.4 is 5.32 Å². The fourth-order valence-electron chi connectivity index (χ4n) is 4.90. The monoisotopic (exact) mass is 515 g/mol. The zero-order valence-corrected chi connectivity index (χ0v) is 20.7. The molecule has 0 aliphatic carbocycles. The zero-order chi connectivity index (χ0) is 26.6. The number of aliphatic hydroxyl groups excluding tert-OH is 1. The van der Waals surface area contributed by atoms with E-state index in [4.69, 9.17) is 5.11 Å². The Balaban J connectivity index is 1.16. The summed E-state index contributed by atoms with van der Waals surface area (Å²) in [5.41, 5.74) is 3.04. The quantitative estimate of drug-likeness (QED) is 0.370. The second-order valence-corrected chi connectivity index (χ2v) is 9.52. The van der Waals surface area contributed by atoms with E-state index in [1.807, 2.05) is 30.3 Å². The van der Waals surface area contributed by atoms with E-state index in [-0.39, 0.29) is 35.3 Å². The normalized spacial score (nSPS) is 14.0. The molecule has 1 fully saturated rings. The second-order valence-electron chi connectivity index (χ2n) is 9.52. The lowest BCUT2D eigenvalue weighted by atomic mass is 9.89. The van der Waals surface area contributed by atoms with E-state index in [1.165, 1.54) is 18.2 Å². The number of piperidine rings is 1. The van der Waals surface area contributed by atoms with Crippen LogP contribution in [0.15, 0.2) is 72.9 Å². The number of anilines is 1. The highest BCUT2D eigenvalue weighted by atomic mass is 19.1. The highest BCUT2D eigenvalue weighted by Gasteiger charge is 2.25. The van der Waals surface area contributed by atoms with Crippen molar-refractivity contribution in [3.8, 4) is 0 Å². The molecule has 6 nitrogen and oxygen atoms in total. The summed E-state index contributed by atoms with van der Waals surface area (Å²) >= 11 is 0. The van der Waals surface area contributed by atoms with Crippen LogP contribution in [0.3, 0.4) is 0 Å². The van der Waals surface area contributed by atoms with Crippen LogP contribution >= 0.6 is 0 Å². The minimum absolute atomic E-state index is 0.0858. The number of likely N-dealkylation sites (tertiary alicyclic amines) is 1. The second kappa shape index (κ2) is 11.1. The van der Waals surface area contributed by atoms with Gasteiger partial charge in [-0.3, -0.25) is 14.6 Å². The van der Waals surface area contributed by atoms with E-state index < -0.39 is 18.2 Å². The molecule has 1 aliphatic heterocycles. The molecule has 0 bridgehead atoms. The van der Waals surface area contributed by atoms with Gasteiger partial charge in [0.2, 0.25) is 5.91 Å². The van der Waals surface area contributed by atoms with Crippen molar-refractivity contribution < 1.29 is 23.5 Å². The topological polar surface area (TPSA) is 82.5 Å². The standard InChI is InChI=1S/C30H27F2N3O3/c31-26-15-22(3-4-23(26)18-36)30(38)35-12-9-20(10-13-35)19-5-7-25(8-6-19)34-29(37)16-24-14-21-2-1-11-33-28(21)17-27(24)32/h1-8,11,14-15,17,20,36H,9-10,12-13,16,18H2,(H,34,37). The molecule has 0 radical (unpaired) electrons. The van der Waals surface area contributed by atoms with Crippen LogP contribution in [-0.2, 0) is 17.8 Å². The summed E-state index contributed by atoms with van der Waals surface area (Å²) in [5.74, 6) is -1.31. The summed E-state index contributed by atoms with van der Waals surface area (Å²) in [6, 6.07) is 18.3. The summed E-state index contributed by atoms with van der Waals surface area (Å²) in [4.78, 5) is 31.2. The molecule has 0 atom stereocenters. The van der Waals surface area contributed by atoms with Crippen molar-refractivity contribution in [2.75, 3.05) is 18.4 Å². The number of aliphatic hydroxyl groups is 1. The van der Waals surface area contributed by atoms with Gasteiger partial charge >= 0.3 is 0 Å². The third kappa shape index (κ3) is 5.55. The molecule has 1 aliphatic rings. The molecule has 4 aromatic rings. The first kappa shape index (κ1) is 25.5. The average Bonchev–Trinajstić information content (AvgIpc) is 2.93. The summed E-state index contributed by atoms with van der Waals surface area (Å²) in [6.45, 7) is 0.700. The zero-order valence-electron chi connectivity index (χ0n) is 20.7. The Morgan fingerprint density at radius 1 is 0.947 bits per heavy atom. The molecule has 2 amide bonds. The number of nitrogens with zero attached hydrogens (tertiary/aromatic N) is 2.